The summed E-state index contributed by atoms with van der Waals surface area (Å²) in [7, 11) is 0. The molecule has 1 fully saturated rings. The molecule has 0 atom stereocenters. The minimum Gasteiger partial charge on any atom is -0.465 e. The van der Waals surface area contributed by atoms with E-state index in [9.17, 15) is 4.79 Å². The Kier molecular flexibility index (Phi) is 4.98. The number of nitrogens with two attached hydrogens (primary N) is 1. The minimum atomic E-state index is -0.937. The van der Waals surface area contributed by atoms with Gasteiger partial charge >= 0.3 is 6.09 Å². The van der Waals surface area contributed by atoms with Crippen molar-refractivity contribution in [3.8, 4) is 0 Å². The van der Waals surface area contributed by atoms with Gasteiger partial charge in [-0.15, -0.1) is 0 Å². The largest absolute Gasteiger partial charge is 0.465 e. The number of hydrogen-bond acceptors (Lipinski definition) is 3. The maximum atomic E-state index is 11.1. The lowest BCUT2D eigenvalue weighted by atomic mass is 9.82. The zero-order chi connectivity index (χ0) is 14.4. The van der Waals surface area contributed by atoms with Crippen molar-refractivity contribution in [3.05, 3.63) is 35.9 Å². The van der Waals surface area contributed by atoms with E-state index in [-0.39, 0.29) is 5.54 Å². The van der Waals surface area contributed by atoms with Gasteiger partial charge < -0.3 is 21.1 Å². The molecule has 1 aromatic rings. The molecule has 0 aliphatic carbocycles. The van der Waals surface area contributed by atoms with Gasteiger partial charge in [0.25, 0.3) is 0 Å². The highest BCUT2D eigenvalue weighted by Crippen LogP contribution is 2.26. The van der Waals surface area contributed by atoms with Gasteiger partial charge in [0.15, 0.2) is 0 Å². The fourth-order valence-corrected chi connectivity index (χ4v) is 2.95. The van der Waals surface area contributed by atoms with Crippen LogP contribution in [0.3, 0.4) is 0 Å². The van der Waals surface area contributed by atoms with Crippen LogP contribution in [0.2, 0.25) is 0 Å². The van der Waals surface area contributed by atoms with Gasteiger partial charge in [-0.05, 0) is 24.8 Å². The van der Waals surface area contributed by atoms with Crippen molar-refractivity contribution in [2.75, 3.05) is 26.2 Å². The van der Waals surface area contributed by atoms with Gasteiger partial charge in [-0.25, -0.2) is 4.79 Å². The Balaban J connectivity index is 2.05. The van der Waals surface area contributed by atoms with Crippen LogP contribution < -0.4 is 11.1 Å². The monoisotopic (exact) mass is 277 g/mol. The summed E-state index contributed by atoms with van der Waals surface area (Å²) >= 11 is 0. The first-order valence-electron chi connectivity index (χ1n) is 7.11. The number of nitrogens with one attached hydrogen (secondary N) is 1. The van der Waals surface area contributed by atoms with Crippen LogP contribution in [-0.2, 0) is 6.42 Å². The molecule has 1 saturated heterocycles. The Hall–Kier alpha value is -1.59. The van der Waals surface area contributed by atoms with Crippen LogP contribution >= 0.6 is 0 Å². The van der Waals surface area contributed by atoms with Gasteiger partial charge in [0.1, 0.15) is 0 Å². The average molecular weight is 277 g/mol. The standard InChI is InChI=1S/C15H23N3O2/c16-8-11-18-9-6-15(7-10-18,17-14(19)20)12-13-4-2-1-3-5-13/h1-5,17H,6-12,16H2,(H,19,20). The number of carbonyl (C=O) groups is 1. The molecule has 0 radical (unpaired) electrons. The zero-order valence-electron chi connectivity index (χ0n) is 11.7. The highest BCUT2D eigenvalue weighted by atomic mass is 16.4. The van der Waals surface area contributed by atoms with E-state index in [1.807, 2.05) is 18.2 Å². The van der Waals surface area contributed by atoms with E-state index < -0.39 is 6.09 Å². The Bertz CT molecular complexity index is 428. The zero-order valence-corrected chi connectivity index (χ0v) is 11.7. The van der Waals surface area contributed by atoms with Crippen LogP contribution in [0.1, 0.15) is 18.4 Å². The summed E-state index contributed by atoms with van der Waals surface area (Å²) in [6.45, 7) is 3.32. The highest BCUT2D eigenvalue weighted by Gasteiger charge is 2.35. The molecule has 1 aromatic carbocycles. The quantitative estimate of drug-likeness (QED) is 0.758. The van der Waals surface area contributed by atoms with Crippen molar-refractivity contribution < 1.29 is 9.90 Å². The molecule has 1 aliphatic heterocycles. The number of rotatable bonds is 5. The summed E-state index contributed by atoms with van der Waals surface area (Å²) in [5.41, 5.74) is 6.41. The van der Waals surface area contributed by atoms with Crippen LogP contribution in [0.15, 0.2) is 30.3 Å². The lowest BCUT2D eigenvalue weighted by Crippen LogP contribution is -2.56. The summed E-state index contributed by atoms with van der Waals surface area (Å²) in [6, 6.07) is 10.1. The maximum Gasteiger partial charge on any atom is 0.405 e. The lowest BCUT2D eigenvalue weighted by molar-refractivity contribution is 0.124. The molecule has 4 N–H and O–H groups in total. The number of benzene rings is 1. The van der Waals surface area contributed by atoms with E-state index >= 15 is 0 Å². The predicted octanol–water partition coefficient (Wildman–Crippen LogP) is 1.29. The SMILES string of the molecule is NCCN1CCC(Cc2ccccc2)(NC(=O)O)CC1. The van der Waals surface area contributed by atoms with Crippen LogP contribution in [-0.4, -0.2) is 47.8 Å². The van der Waals surface area contributed by atoms with Crippen LogP contribution in [0.4, 0.5) is 4.79 Å². The summed E-state index contributed by atoms with van der Waals surface area (Å²) in [5.74, 6) is 0. The summed E-state index contributed by atoms with van der Waals surface area (Å²) in [6.07, 6.45) is 1.46. The van der Waals surface area contributed by atoms with Crippen molar-refractivity contribution in [3.63, 3.8) is 0 Å². The maximum absolute atomic E-state index is 11.1. The number of amides is 1. The van der Waals surface area contributed by atoms with Crippen LogP contribution in [0.5, 0.6) is 0 Å². The van der Waals surface area contributed by atoms with Gasteiger partial charge in [-0.3, -0.25) is 0 Å². The first-order chi connectivity index (χ1) is 9.63. The molecular formula is C15H23N3O2. The van der Waals surface area contributed by atoms with Gasteiger partial charge in [0.05, 0.1) is 0 Å². The molecule has 0 spiro atoms. The van der Waals surface area contributed by atoms with E-state index in [1.54, 1.807) is 0 Å². The summed E-state index contributed by atoms with van der Waals surface area (Å²) < 4.78 is 0. The van der Waals surface area contributed by atoms with Crippen LogP contribution in [0, 0.1) is 0 Å². The number of likely N-dealkylation sites (tertiary alicyclic amines) is 1. The number of nitrogens with zero attached hydrogens (tertiary/aromatic N) is 1. The second kappa shape index (κ2) is 6.72. The van der Waals surface area contributed by atoms with Crippen molar-refractivity contribution >= 4 is 6.09 Å². The minimum absolute atomic E-state index is 0.349. The normalized spacial score (nSPS) is 18.6. The third-order valence-corrected chi connectivity index (χ3v) is 4.02. The highest BCUT2D eigenvalue weighted by molar-refractivity contribution is 5.65. The third kappa shape index (κ3) is 3.95. The summed E-state index contributed by atoms with van der Waals surface area (Å²) in [4.78, 5) is 13.4. The van der Waals surface area contributed by atoms with Gasteiger partial charge in [0.2, 0.25) is 0 Å². The fraction of sp³-hybridized carbons (Fsp3) is 0.533. The molecule has 0 unspecified atom stereocenters. The Morgan fingerprint density at radius 3 is 2.50 bits per heavy atom. The molecule has 0 bridgehead atoms. The molecule has 5 heteroatoms. The van der Waals surface area contributed by atoms with E-state index in [2.05, 4.69) is 22.3 Å². The molecule has 110 valence electrons. The van der Waals surface area contributed by atoms with Gasteiger partial charge in [-0.1, -0.05) is 30.3 Å². The van der Waals surface area contributed by atoms with Crippen molar-refractivity contribution in [2.24, 2.45) is 5.73 Å². The summed E-state index contributed by atoms with van der Waals surface area (Å²) in [5, 5.41) is 11.9. The topological polar surface area (TPSA) is 78.6 Å². The second-order valence-corrected chi connectivity index (χ2v) is 5.50. The Morgan fingerprint density at radius 1 is 1.30 bits per heavy atom. The molecular weight excluding hydrogens is 254 g/mol. The first kappa shape index (κ1) is 14.8. The van der Waals surface area contributed by atoms with Crippen molar-refractivity contribution in [1.82, 2.24) is 10.2 Å². The van der Waals surface area contributed by atoms with Gasteiger partial charge in [-0.2, -0.15) is 0 Å². The molecule has 20 heavy (non-hydrogen) atoms. The second-order valence-electron chi connectivity index (χ2n) is 5.50. The van der Waals surface area contributed by atoms with Gasteiger partial charge in [0, 0.05) is 31.7 Å². The lowest BCUT2D eigenvalue weighted by Gasteiger charge is -2.41. The van der Waals surface area contributed by atoms with E-state index in [0.717, 1.165) is 38.9 Å². The molecule has 2 rings (SSSR count). The Labute approximate surface area is 119 Å². The van der Waals surface area contributed by atoms with Crippen molar-refractivity contribution in [1.29, 1.82) is 0 Å². The molecule has 0 aromatic heterocycles. The average Bonchev–Trinajstić information content (AvgIpc) is 2.42. The van der Waals surface area contributed by atoms with E-state index in [1.165, 1.54) is 5.56 Å². The molecule has 5 nitrogen and oxygen atoms in total. The Morgan fingerprint density at radius 2 is 1.95 bits per heavy atom. The predicted molar refractivity (Wildman–Crippen MR) is 78.8 cm³/mol. The number of carboxylic acid groups (broad SMARTS) is 1. The third-order valence-electron chi connectivity index (χ3n) is 4.02. The fourth-order valence-electron chi connectivity index (χ4n) is 2.95. The van der Waals surface area contributed by atoms with E-state index in [4.69, 9.17) is 10.8 Å². The first-order valence-corrected chi connectivity index (χ1v) is 7.11. The smallest absolute Gasteiger partial charge is 0.405 e. The molecule has 1 aliphatic rings. The number of hydrogen-bond donors (Lipinski definition) is 3. The molecule has 1 amide bonds. The van der Waals surface area contributed by atoms with Crippen molar-refractivity contribution in [2.45, 2.75) is 24.8 Å². The molecule has 1 heterocycles. The molecule has 0 saturated carbocycles. The number of piperidine rings is 1. The van der Waals surface area contributed by atoms with E-state index in [0.29, 0.717) is 6.54 Å². The van der Waals surface area contributed by atoms with Crippen LogP contribution in [0.25, 0.3) is 0 Å².